The minimum Gasteiger partial charge on any atom is -0.504 e. The first-order valence-electron chi connectivity index (χ1n) is 20.3. The van der Waals surface area contributed by atoms with Crippen molar-refractivity contribution in [1.29, 1.82) is 0 Å². The number of phenols is 1. The van der Waals surface area contributed by atoms with E-state index in [1.165, 1.54) is 26.9 Å². The third kappa shape index (κ3) is 3.49. The summed E-state index contributed by atoms with van der Waals surface area (Å²) >= 11 is 0. The van der Waals surface area contributed by atoms with E-state index in [-0.39, 0.29) is 47.5 Å². The van der Waals surface area contributed by atoms with Crippen molar-refractivity contribution in [3.63, 3.8) is 0 Å². The molecule has 8 aliphatic heterocycles. The second-order valence-electron chi connectivity index (χ2n) is 18.0. The first-order valence-corrected chi connectivity index (χ1v) is 20.3. The van der Waals surface area contributed by atoms with Crippen LogP contribution < -0.4 is 20.1 Å². The Balaban J connectivity index is 1.05. The summed E-state index contributed by atoms with van der Waals surface area (Å²) in [5.74, 6) is 0.375. The van der Waals surface area contributed by atoms with Crippen LogP contribution in [0.15, 0.2) is 47.2 Å². The highest BCUT2D eigenvalue weighted by atomic mass is 16.6. The van der Waals surface area contributed by atoms with E-state index in [1.54, 1.807) is 6.07 Å². The number of ether oxygens (including phenoxy) is 5. The predicted molar refractivity (Wildman–Crippen MR) is 202 cm³/mol. The number of benzene rings is 2. The molecule has 0 amide bonds. The predicted octanol–water partition coefficient (Wildman–Crippen LogP) is 3.64. The highest BCUT2D eigenvalue weighted by molar-refractivity contribution is 5.94. The zero-order valence-electron chi connectivity index (χ0n) is 32.3. The molecule has 4 N–H and O–H groups in total. The van der Waals surface area contributed by atoms with E-state index in [0.29, 0.717) is 37.1 Å². The van der Waals surface area contributed by atoms with Crippen molar-refractivity contribution in [3.8, 4) is 17.2 Å². The zero-order chi connectivity index (χ0) is 38.4. The molecule has 2 aromatic rings. The number of esters is 2. The lowest BCUT2D eigenvalue weighted by atomic mass is 9.51. The Hall–Kier alpha value is -4.30. The van der Waals surface area contributed by atoms with Crippen molar-refractivity contribution in [3.05, 3.63) is 63.9 Å². The highest BCUT2D eigenvalue weighted by Crippen LogP contribution is 2.71. The van der Waals surface area contributed by atoms with E-state index in [0.717, 1.165) is 65.5 Å². The average Bonchev–Trinajstić information content (AvgIpc) is 3.55. The number of aromatic hydroxyl groups is 1. The standard InChI is InChI=1S/C43H48N4O9/c1-6-40-16-20(36(50)53-4)33-43(23-13-26(48)28(52-3)15-25(23)45-33)9-11-47(39(40)43)30-19-12-22-24(14-27(19)55-31(30)34(40)49)44-32-21(37(51)54-5)17-41(7-2)35-29(56-35)18-46-10-8-42(22,32)38(41)46/h12-16,29-31,33-35,38-39,44-45,48-49H,6-11,17-18H2,1-5H3/t29-,30-,31+,33?,34-,35-,38+,39+,40-,41-,42+,43+/m1/s1. The lowest BCUT2D eigenvalue weighted by Crippen LogP contribution is -2.71. The molecule has 0 bridgehead atoms. The number of hydrogen-bond acceptors (Lipinski definition) is 13. The molecular weight excluding hydrogens is 716 g/mol. The van der Waals surface area contributed by atoms with Crippen LogP contribution in [-0.2, 0) is 34.6 Å². The van der Waals surface area contributed by atoms with Crippen LogP contribution in [0.3, 0.4) is 0 Å². The van der Waals surface area contributed by atoms with Crippen LogP contribution in [-0.4, -0.2) is 115 Å². The molecule has 12 atom stereocenters. The summed E-state index contributed by atoms with van der Waals surface area (Å²) < 4.78 is 29.8. The van der Waals surface area contributed by atoms with Gasteiger partial charge in [0.15, 0.2) is 11.5 Å². The molecule has 13 nitrogen and oxygen atoms in total. The molecule has 2 aromatic carbocycles. The average molecular weight is 765 g/mol. The fourth-order valence-corrected chi connectivity index (χ4v) is 14.6. The first-order chi connectivity index (χ1) is 27.1. The summed E-state index contributed by atoms with van der Waals surface area (Å²) in [5.41, 5.74) is 4.79. The van der Waals surface area contributed by atoms with Gasteiger partial charge in [-0.1, -0.05) is 19.9 Å². The number of aliphatic hydroxyl groups excluding tert-OH is 1. The van der Waals surface area contributed by atoms with Crippen molar-refractivity contribution in [1.82, 2.24) is 9.80 Å². The molecule has 0 radical (unpaired) electrons. The maximum atomic E-state index is 13.7. The normalized spacial score (nSPS) is 42.2. The highest BCUT2D eigenvalue weighted by Gasteiger charge is 2.76. The molecule has 1 unspecified atom stereocenters. The van der Waals surface area contributed by atoms with E-state index >= 15 is 0 Å². The van der Waals surface area contributed by atoms with Crippen molar-refractivity contribution >= 4 is 23.3 Å². The van der Waals surface area contributed by atoms with Crippen molar-refractivity contribution in [2.24, 2.45) is 10.8 Å². The Labute approximate surface area is 324 Å². The summed E-state index contributed by atoms with van der Waals surface area (Å²) in [4.78, 5) is 32.6. The van der Waals surface area contributed by atoms with Crippen LogP contribution in [0.1, 0.15) is 68.7 Å². The van der Waals surface area contributed by atoms with Gasteiger partial charge in [0.25, 0.3) is 0 Å². The number of epoxide rings is 1. The van der Waals surface area contributed by atoms with Crippen LogP contribution in [0.25, 0.3) is 0 Å². The van der Waals surface area contributed by atoms with E-state index in [2.05, 4.69) is 46.4 Å². The van der Waals surface area contributed by atoms with Gasteiger partial charge in [0.1, 0.15) is 18.0 Å². The first kappa shape index (κ1) is 33.8. The number of nitrogens with one attached hydrogen (secondary N) is 2. The molecule has 56 heavy (non-hydrogen) atoms. The van der Waals surface area contributed by atoms with Gasteiger partial charge in [0.2, 0.25) is 0 Å². The molecule has 0 aromatic heterocycles. The summed E-state index contributed by atoms with van der Waals surface area (Å²) in [6, 6.07) is 7.23. The quantitative estimate of drug-likeness (QED) is 0.199. The molecule has 5 saturated heterocycles. The van der Waals surface area contributed by atoms with Gasteiger partial charge in [-0.25, -0.2) is 9.59 Å². The number of anilines is 2. The summed E-state index contributed by atoms with van der Waals surface area (Å²) in [5, 5.41) is 31.5. The SMILES string of the molecule is CC[C@@]12C=C(C(=O)OC)C3Nc4cc(OC)c(O)cc4[C@@]34CCN([C@@H]3c5cc6c(cc5O[C@@H]3[C@H]1O)NC1=C(C(=O)OC)C[C@]3(CC)[C@@H]5O[C@@H]5CN5CC[C@@]16[C@@H]53)[C@@H]24. The Morgan fingerprint density at radius 2 is 1.80 bits per heavy atom. The van der Waals surface area contributed by atoms with Gasteiger partial charge in [-0.05, 0) is 61.9 Å². The molecule has 8 heterocycles. The van der Waals surface area contributed by atoms with Crippen molar-refractivity contribution in [2.45, 2.75) is 105 Å². The lowest BCUT2D eigenvalue weighted by molar-refractivity contribution is -0.152. The van der Waals surface area contributed by atoms with Crippen LogP contribution in [0.4, 0.5) is 11.4 Å². The Morgan fingerprint density at radius 1 is 0.982 bits per heavy atom. The fourth-order valence-electron chi connectivity index (χ4n) is 14.6. The number of nitrogens with zero attached hydrogens (tertiary/aromatic N) is 2. The molecule has 0 saturated carbocycles. The van der Waals surface area contributed by atoms with Crippen LogP contribution in [0.5, 0.6) is 17.2 Å². The lowest BCUT2D eigenvalue weighted by Gasteiger charge is -2.60. The van der Waals surface area contributed by atoms with Gasteiger partial charge >= 0.3 is 11.9 Å². The number of methoxy groups -OCH3 is 3. The van der Waals surface area contributed by atoms with Gasteiger partial charge in [-0.2, -0.15) is 0 Å². The molecule has 5 fully saturated rings. The van der Waals surface area contributed by atoms with Gasteiger partial charge in [-0.3, -0.25) is 9.80 Å². The molecule has 12 rings (SSSR count). The second kappa shape index (κ2) is 10.6. The number of aliphatic hydroxyl groups is 1. The van der Waals surface area contributed by atoms with Crippen LogP contribution in [0.2, 0.25) is 0 Å². The number of phenolic OH excluding ortho intramolecular Hbond substituents is 1. The summed E-state index contributed by atoms with van der Waals surface area (Å²) in [6.45, 7) is 6.81. The Bertz CT molecular complexity index is 2260. The van der Waals surface area contributed by atoms with Gasteiger partial charge in [-0.15, -0.1) is 0 Å². The monoisotopic (exact) mass is 764 g/mol. The third-order valence-electron chi connectivity index (χ3n) is 16.6. The van der Waals surface area contributed by atoms with Crippen molar-refractivity contribution < 1.29 is 43.5 Å². The fraction of sp³-hybridized carbons (Fsp3) is 0.581. The Morgan fingerprint density at radius 3 is 2.55 bits per heavy atom. The smallest absolute Gasteiger partial charge is 0.335 e. The summed E-state index contributed by atoms with van der Waals surface area (Å²) in [6.07, 6.45) is 4.33. The number of hydrogen-bond donors (Lipinski definition) is 4. The maximum Gasteiger partial charge on any atom is 0.335 e. The molecule has 13 heteroatoms. The van der Waals surface area contributed by atoms with Crippen LogP contribution >= 0.6 is 0 Å². The molecule has 10 aliphatic rings. The van der Waals surface area contributed by atoms with Crippen molar-refractivity contribution in [2.75, 3.05) is 51.6 Å². The Kier molecular flexibility index (Phi) is 6.40. The number of piperidine rings is 2. The molecule has 294 valence electrons. The number of carbonyl (C=O) groups is 2. The molecule has 2 aliphatic carbocycles. The number of carbonyl (C=O) groups excluding carboxylic acids is 2. The zero-order valence-corrected chi connectivity index (χ0v) is 32.3. The van der Waals surface area contributed by atoms with Gasteiger partial charge in [0, 0.05) is 76.2 Å². The molecular formula is C43H48N4O9. The van der Waals surface area contributed by atoms with Gasteiger partial charge < -0.3 is 44.5 Å². The van der Waals surface area contributed by atoms with E-state index in [9.17, 15) is 19.8 Å². The van der Waals surface area contributed by atoms with E-state index < -0.39 is 40.5 Å². The minimum absolute atomic E-state index is 0.0333. The van der Waals surface area contributed by atoms with E-state index in [4.69, 9.17) is 23.7 Å². The van der Waals surface area contributed by atoms with Crippen LogP contribution in [0, 0.1) is 10.8 Å². The molecule has 2 spiro atoms. The largest absolute Gasteiger partial charge is 0.504 e. The number of rotatable bonds is 5. The third-order valence-corrected chi connectivity index (χ3v) is 16.6. The number of fused-ring (bicyclic) bond motifs is 8. The topological polar surface area (TPSA) is 155 Å². The van der Waals surface area contributed by atoms with E-state index in [1.807, 2.05) is 12.1 Å². The second-order valence-corrected chi connectivity index (χ2v) is 18.0. The summed E-state index contributed by atoms with van der Waals surface area (Å²) in [7, 11) is 4.40. The minimum atomic E-state index is -0.966. The maximum absolute atomic E-state index is 13.7. The van der Waals surface area contributed by atoms with Gasteiger partial charge in [0.05, 0.1) is 62.2 Å².